The van der Waals surface area contributed by atoms with Crippen molar-refractivity contribution in [2.24, 2.45) is 0 Å². The number of hydrogen-bond acceptors (Lipinski definition) is 8. The van der Waals surface area contributed by atoms with E-state index in [-0.39, 0.29) is 19.6 Å². The molecule has 1 heterocycles. The Balaban J connectivity index is 2.84. The van der Waals surface area contributed by atoms with Gasteiger partial charge in [-0.2, -0.15) is 0 Å². The number of carbonyl (C=O) groups is 3. The third-order valence-electron chi connectivity index (χ3n) is 2.96. The van der Waals surface area contributed by atoms with E-state index in [2.05, 4.69) is 6.58 Å². The Morgan fingerprint density at radius 2 is 1.70 bits per heavy atom. The first kappa shape index (κ1) is 19.1. The van der Waals surface area contributed by atoms with Gasteiger partial charge in [0.05, 0.1) is 6.61 Å². The van der Waals surface area contributed by atoms with Gasteiger partial charge in [0.2, 0.25) is 0 Å². The second-order valence-electron chi connectivity index (χ2n) is 5.00. The van der Waals surface area contributed by atoms with Crippen LogP contribution in [0.25, 0.3) is 0 Å². The normalized spacial score (nSPS) is 26.9. The largest absolute Gasteiger partial charge is 0.463 e. The minimum absolute atomic E-state index is 0.103. The van der Waals surface area contributed by atoms with E-state index in [9.17, 15) is 14.4 Å². The van der Waals surface area contributed by atoms with Crippen molar-refractivity contribution >= 4 is 17.9 Å². The van der Waals surface area contributed by atoms with Crippen LogP contribution in [0, 0.1) is 0 Å². The predicted octanol–water partition coefficient (Wildman–Crippen LogP) is 0.730. The lowest BCUT2D eigenvalue weighted by atomic mass is 10.0. The summed E-state index contributed by atoms with van der Waals surface area (Å²) < 4.78 is 26.4. The Hall–Kier alpha value is -1.93. The molecule has 23 heavy (non-hydrogen) atoms. The molecule has 0 N–H and O–H groups in total. The monoisotopic (exact) mass is 330 g/mol. The molecule has 4 atom stereocenters. The van der Waals surface area contributed by atoms with Gasteiger partial charge in [-0.3, -0.25) is 14.4 Å². The van der Waals surface area contributed by atoms with Gasteiger partial charge in [-0.1, -0.05) is 6.08 Å². The van der Waals surface area contributed by atoms with Crippen LogP contribution in [-0.2, 0) is 38.1 Å². The van der Waals surface area contributed by atoms with Crippen LogP contribution >= 0.6 is 0 Å². The number of hydrogen-bond donors (Lipinski definition) is 0. The molecule has 8 heteroatoms. The molecule has 1 aliphatic rings. The standard InChI is InChI=1S/C15H22O8/c1-5-6-19-15-13(22-11(4)18)7-12(21-10(3)17)14(23-15)8-20-9(2)16/h5,12-15H,1,6-8H2,2-4H3/t12-,13+,14+,15?/m0/s1. The van der Waals surface area contributed by atoms with Crippen molar-refractivity contribution in [3.05, 3.63) is 12.7 Å². The first-order chi connectivity index (χ1) is 10.8. The van der Waals surface area contributed by atoms with Gasteiger partial charge in [0.1, 0.15) is 18.8 Å². The van der Waals surface area contributed by atoms with E-state index in [1.54, 1.807) is 0 Å². The van der Waals surface area contributed by atoms with Crippen LogP contribution in [0.4, 0.5) is 0 Å². The summed E-state index contributed by atoms with van der Waals surface area (Å²) in [7, 11) is 0. The second kappa shape index (κ2) is 9.26. The highest BCUT2D eigenvalue weighted by atomic mass is 16.7. The number of esters is 3. The molecule has 0 spiro atoms. The zero-order valence-electron chi connectivity index (χ0n) is 13.5. The zero-order valence-corrected chi connectivity index (χ0v) is 13.5. The van der Waals surface area contributed by atoms with E-state index in [0.29, 0.717) is 0 Å². The van der Waals surface area contributed by atoms with Crippen molar-refractivity contribution in [2.45, 2.75) is 51.8 Å². The van der Waals surface area contributed by atoms with Crippen LogP contribution < -0.4 is 0 Å². The first-order valence-corrected chi connectivity index (χ1v) is 7.19. The van der Waals surface area contributed by atoms with Crippen molar-refractivity contribution in [3.8, 4) is 0 Å². The minimum Gasteiger partial charge on any atom is -0.463 e. The van der Waals surface area contributed by atoms with Crippen LogP contribution in [0.2, 0.25) is 0 Å². The highest BCUT2D eigenvalue weighted by molar-refractivity contribution is 5.67. The van der Waals surface area contributed by atoms with E-state index in [0.717, 1.165) is 0 Å². The Morgan fingerprint density at radius 1 is 1.09 bits per heavy atom. The van der Waals surface area contributed by atoms with Crippen molar-refractivity contribution in [1.82, 2.24) is 0 Å². The smallest absolute Gasteiger partial charge is 0.303 e. The van der Waals surface area contributed by atoms with Gasteiger partial charge < -0.3 is 23.7 Å². The molecule has 0 saturated carbocycles. The second-order valence-corrected chi connectivity index (χ2v) is 5.00. The molecular formula is C15H22O8. The van der Waals surface area contributed by atoms with Gasteiger partial charge in [-0.05, 0) is 0 Å². The quantitative estimate of drug-likeness (QED) is 0.383. The van der Waals surface area contributed by atoms with E-state index in [1.165, 1.54) is 26.8 Å². The molecule has 130 valence electrons. The van der Waals surface area contributed by atoms with E-state index >= 15 is 0 Å². The van der Waals surface area contributed by atoms with Crippen LogP contribution in [0.5, 0.6) is 0 Å². The molecule has 0 radical (unpaired) electrons. The van der Waals surface area contributed by atoms with E-state index in [1.807, 2.05) is 0 Å². The van der Waals surface area contributed by atoms with Gasteiger partial charge >= 0.3 is 17.9 Å². The van der Waals surface area contributed by atoms with Gasteiger partial charge in [-0.15, -0.1) is 6.58 Å². The maximum absolute atomic E-state index is 11.2. The van der Waals surface area contributed by atoms with Gasteiger partial charge in [0.15, 0.2) is 12.4 Å². The number of ether oxygens (including phenoxy) is 5. The molecule has 0 aromatic heterocycles. The molecule has 0 amide bonds. The maximum Gasteiger partial charge on any atom is 0.303 e. The fraction of sp³-hybridized carbons (Fsp3) is 0.667. The summed E-state index contributed by atoms with van der Waals surface area (Å²) in [5, 5.41) is 0. The third-order valence-corrected chi connectivity index (χ3v) is 2.96. The average molecular weight is 330 g/mol. The summed E-state index contributed by atoms with van der Waals surface area (Å²) in [6.07, 6.45) is -1.36. The topological polar surface area (TPSA) is 97.4 Å². The van der Waals surface area contributed by atoms with Gasteiger partial charge in [0.25, 0.3) is 0 Å². The average Bonchev–Trinajstić information content (AvgIpc) is 2.43. The minimum atomic E-state index is -0.871. The lowest BCUT2D eigenvalue weighted by Gasteiger charge is -2.39. The predicted molar refractivity (Wildman–Crippen MR) is 77.2 cm³/mol. The summed E-state index contributed by atoms with van der Waals surface area (Å²) in [5.41, 5.74) is 0. The van der Waals surface area contributed by atoms with E-state index < -0.39 is 42.5 Å². The lowest BCUT2D eigenvalue weighted by molar-refractivity contribution is -0.274. The zero-order chi connectivity index (χ0) is 17.4. The molecule has 0 aliphatic carbocycles. The molecule has 1 rings (SSSR count). The van der Waals surface area contributed by atoms with Crippen molar-refractivity contribution in [3.63, 3.8) is 0 Å². The molecule has 1 saturated heterocycles. The molecule has 8 nitrogen and oxygen atoms in total. The van der Waals surface area contributed by atoms with Crippen LogP contribution in [0.1, 0.15) is 27.2 Å². The van der Waals surface area contributed by atoms with Crippen molar-refractivity contribution < 1.29 is 38.1 Å². The number of carbonyl (C=O) groups excluding carboxylic acids is 3. The number of rotatable bonds is 7. The molecule has 1 unspecified atom stereocenters. The first-order valence-electron chi connectivity index (χ1n) is 7.19. The summed E-state index contributed by atoms with van der Waals surface area (Å²) >= 11 is 0. The van der Waals surface area contributed by atoms with Crippen molar-refractivity contribution in [2.75, 3.05) is 13.2 Å². The van der Waals surface area contributed by atoms with Crippen LogP contribution in [0.15, 0.2) is 12.7 Å². The highest BCUT2D eigenvalue weighted by Crippen LogP contribution is 2.26. The summed E-state index contributed by atoms with van der Waals surface area (Å²) in [5.74, 6) is -1.51. The summed E-state index contributed by atoms with van der Waals surface area (Å²) in [6, 6.07) is 0. The Labute approximate surface area is 134 Å². The Morgan fingerprint density at radius 3 is 2.22 bits per heavy atom. The van der Waals surface area contributed by atoms with Crippen LogP contribution in [0.3, 0.4) is 0 Å². The molecule has 1 aliphatic heterocycles. The van der Waals surface area contributed by atoms with E-state index in [4.69, 9.17) is 23.7 Å². The fourth-order valence-electron chi connectivity index (χ4n) is 2.15. The molecular weight excluding hydrogens is 308 g/mol. The fourth-order valence-corrected chi connectivity index (χ4v) is 2.15. The summed E-state index contributed by atoms with van der Waals surface area (Å²) in [6.45, 7) is 7.39. The summed E-state index contributed by atoms with van der Waals surface area (Å²) in [4.78, 5) is 33.4. The van der Waals surface area contributed by atoms with Gasteiger partial charge in [0, 0.05) is 27.2 Å². The SMILES string of the molecule is C=CCOC1O[C@H](COC(C)=O)[C@@H](OC(C)=O)C[C@H]1OC(C)=O. The molecule has 1 fully saturated rings. The molecule has 0 aromatic carbocycles. The highest BCUT2D eigenvalue weighted by Gasteiger charge is 2.42. The Kier molecular flexibility index (Phi) is 7.70. The third kappa shape index (κ3) is 6.79. The lowest BCUT2D eigenvalue weighted by Crippen LogP contribution is -2.52. The Bertz CT molecular complexity index is 447. The molecule has 0 bridgehead atoms. The van der Waals surface area contributed by atoms with Crippen LogP contribution in [-0.4, -0.2) is 55.7 Å². The van der Waals surface area contributed by atoms with Gasteiger partial charge in [-0.25, -0.2) is 0 Å². The van der Waals surface area contributed by atoms with Crippen molar-refractivity contribution in [1.29, 1.82) is 0 Å². The molecule has 0 aromatic rings. The maximum atomic E-state index is 11.2.